The Morgan fingerprint density at radius 3 is 2.62 bits per heavy atom. The van der Waals surface area contributed by atoms with Gasteiger partial charge in [-0.25, -0.2) is 0 Å². The van der Waals surface area contributed by atoms with E-state index in [4.69, 9.17) is 0 Å². The van der Waals surface area contributed by atoms with Crippen LogP contribution in [0.4, 0.5) is 0 Å². The summed E-state index contributed by atoms with van der Waals surface area (Å²) in [6, 6.07) is 1.31. The Labute approximate surface area is 100.0 Å². The summed E-state index contributed by atoms with van der Waals surface area (Å²) in [5.41, 5.74) is 0. The average Bonchev–Trinajstić information content (AvgIpc) is 2.31. The number of rotatable bonds is 3. The van der Waals surface area contributed by atoms with Crippen LogP contribution in [0.25, 0.3) is 0 Å². The first kappa shape index (κ1) is 12.3. The standard InChI is InChI=1S/C13H27N3/c1-14-13(11-6-4-3-5-7-11)12-10-16(2)9-8-15-12/h11-15H,3-10H2,1-2H3. The number of piperazine rings is 1. The first-order chi connectivity index (χ1) is 7.81. The number of nitrogens with zero attached hydrogens (tertiary/aromatic N) is 1. The Kier molecular flexibility index (Phi) is 4.62. The fourth-order valence-electron chi connectivity index (χ4n) is 3.43. The van der Waals surface area contributed by atoms with Crippen LogP contribution in [0.2, 0.25) is 0 Å². The molecule has 0 spiro atoms. The normalized spacial score (nSPS) is 31.5. The fraction of sp³-hybridized carbons (Fsp3) is 1.00. The largest absolute Gasteiger partial charge is 0.315 e. The van der Waals surface area contributed by atoms with E-state index in [1.807, 2.05) is 0 Å². The fourth-order valence-corrected chi connectivity index (χ4v) is 3.43. The molecule has 1 aliphatic heterocycles. The number of hydrogen-bond donors (Lipinski definition) is 2. The lowest BCUT2D eigenvalue weighted by Crippen LogP contribution is -2.60. The highest BCUT2D eigenvalue weighted by Gasteiger charge is 2.31. The van der Waals surface area contributed by atoms with Gasteiger partial charge in [-0.3, -0.25) is 0 Å². The molecule has 2 atom stereocenters. The van der Waals surface area contributed by atoms with Gasteiger partial charge in [0.05, 0.1) is 0 Å². The first-order valence-electron chi connectivity index (χ1n) is 6.90. The zero-order valence-corrected chi connectivity index (χ0v) is 10.8. The number of nitrogens with one attached hydrogen (secondary N) is 2. The van der Waals surface area contributed by atoms with Crippen LogP contribution in [-0.4, -0.2) is 50.7 Å². The zero-order valence-electron chi connectivity index (χ0n) is 10.8. The SMILES string of the molecule is CNC(C1CCCCC1)C1CN(C)CCN1. The van der Waals surface area contributed by atoms with Crippen molar-refractivity contribution in [3.63, 3.8) is 0 Å². The molecule has 2 unspecified atom stereocenters. The van der Waals surface area contributed by atoms with Crippen LogP contribution in [-0.2, 0) is 0 Å². The maximum atomic E-state index is 3.69. The third-order valence-electron chi connectivity index (χ3n) is 4.33. The van der Waals surface area contributed by atoms with Gasteiger partial charge in [-0.1, -0.05) is 19.3 Å². The lowest BCUT2D eigenvalue weighted by atomic mass is 9.80. The van der Waals surface area contributed by atoms with Crippen LogP contribution in [0, 0.1) is 5.92 Å². The predicted octanol–water partition coefficient (Wildman–Crippen LogP) is 1.06. The summed E-state index contributed by atoms with van der Waals surface area (Å²) in [6.45, 7) is 3.53. The van der Waals surface area contributed by atoms with Gasteiger partial charge in [0.1, 0.15) is 0 Å². The molecule has 16 heavy (non-hydrogen) atoms. The summed E-state index contributed by atoms with van der Waals surface area (Å²) in [5, 5.41) is 7.27. The molecule has 2 N–H and O–H groups in total. The van der Waals surface area contributed by atoms with E-state index in [9.17, 15) is 0 Å². The monoisotopic (exact) mass is 225 g/mol. The maximum Gasteiger partial charge on any atom is 0.0352 e. The molecular formula is C13H27N3. The number of likely N-dealkylation sites (N-methyl/N-ethyl adjacent to an activating group) is 2. The van der Waals surface area contributed by atoms with Gasteiger partial charge in [-0.2, -0.15) is 0 Å². The molecule has 0 aromatic carbocycles. The second-order valence-electron chi connectivity index (χ2n) is 5.54. The highest BCUT2D eigenvalue weighted by atomic mass is 15.2. The van der Waals surface area contributed by atoms with Gasteiger partial charge in [0.15, 0.2) is 0 Å². The molecule has 0 aromatic heterocycles. The second kappa shape index (κ2) is 5.99. The van der Waals surface area contributed by atoms with Crippen LogP contribution < -0.4 is 10.6 Å². The van der Waals surface area contributed by atoms with Crippen molar-refractivity contribution in [1.29, 1.82) is 0 Å². The van der Waals surface area contributed by atoms with E-state index in [2.05, 4.69) is 29.6 Å². The smallest absolute Gasteiger partial charge is 0.0352 e. The highest BCUT2D eigenvalue weighted by molar-refractivity contribution is 4.92. The third kappa shape index (κ3) is 2.96. The Morgan fingerprint density at radius 2 is 2.00 bits per heavy atom. The maximum absolute atomic E-state index is 3.69. The lowest BCUT2D eigenvalue weighted by Gasteiger charge is -2.40. The number of hydrogen-bond acceptors (Lipinski definition) is 3. The molecular weight excluding hydrogens is 198 g/mol. The molecule has 94 valence electrons. The van der Waals surface area contributed by atoms with Gasteiger partial charge in [-0.15, -0.1) is 0 Å². The van der Waals surface area contributed by atoms with Crippen molar-refractivity contribution in [2.45, 2.75) is 44.2 Å². The minimum atomic E-state index is 0.645. The second-order valence-corrected chi connectivity index (χ2v) is 5.54. The Bertz CT molecular complexity index is 201. The summed E-state index contributed by atoms with van der Waals surface area (Å²) in [6.07, 6.45) is 7.17. The van der Waals surface area contributed by atoms with E-state index >= 15 is 0 Å². The molecule has 0 bridgehead atoms. The van der Waals surface area contributed by atoms with Crippen molar-refractivity contribution >= 4 is 0 Å². The van der Waals surface area contributed by atoms with Gasteiger partial charge in [-0.05, 0) is 32.9 Å². The van der Waals surface area contributed by atoms with Gasteiger partial charge in [0.2, 0.25) is 0 Å². The Morgan fingerprint density at radius 1 is 1.25 bits per heavy atom. The molecule has 3 nitrogen and oxygen atoms in total. The molecule has 0 amide bonds. The Balaban J connectivity index is 1.91. The molecule has 2 fully saturated rings. The van der Waals surface area contributed by atoms with Crippen LogP contribution in [0.5, 0.6) is 0 Å². The molecule has 1 aliphatic carbocycles. The summed E-state index contributed by atoms with van der Waals surface area (Å²) in [7, 11) is 4.37. The van der Waals surface area contributed by atoms with Crippen molar-refractivity contribution in [2.75, 3.05) is 33.7 Å². The highest BCUT2D eigenvalue weighted by Crippen LogP contribution is 2.28. The molecule has 1 saturated heterocycles. The summed E-state index contributed by atoms with van der Waals surface area (Å²) in [4.78, 5) is 2.45. The first-order valence-corrected chi connectivity index (χ1v) is 6.90. The molecule has 1 saturated carbocycles. The van der Waals surface area contributed by atoms with E-state index in [0.29, 0.717) is 12.1 Å². The zero-order chi connectivity index (χ0) is 11.4. The van der Waals surface area contributed by atoms with Gasteiger partial charge < -0.3 is 15.5 Å². The van der Waals surface area contributed by atoms with Crippen LogP contribution in [0.3, 0.4) is 0 Å². The van der Waals surface area contributed by atoms with Crippen LogP contribution >= 0.6 is 0 Å². The predicted molar refractivity (Wildman–Crippen MR) is 68.7 cm³/mol. The van der Waals surface area contributed by atoms with E-state index in [-0.39, 0.29) is 0 Å². The van der Waals surface area contributed by atoms with Crippen molar-refractivity contribution in [2.24, 2.45) is 5.92 Å². The molecule has 0 aromatic rings. The van der Waals surface area contributed by atoms with Gasteiger partial charge in [0.25, 0.3) is 0 Å². The molecule has 2 rings (SSSR count). The van der Waals surface area contributed by atoms with Crippen molar-refractivity contribution in [3.8, 4) is 0 Å². The van der Waals surface area contributed by atoms with Gasteiger partial charge >= 0.3 is 0 Å². The quantitative estimate of drug-likeness (QED) is 0.752. The summed E-state index contributed by atoms with van der Waals surface area (Å²) in [5.74, 6) is 0.891. The van der Waals surface area contributed by atoms with Crippen molar-refractivity contribution in [3.05, 3.63) is 0 Å². The molecule has 3 heteroatoms. The molecule has 0 radical (unpaired) electrons. The van der Waals surface area contributed by atoms with Crippen LogP contribution in [0.1, 0.15) is 32.1 Å². The van der Waals surface area contributed by atoms with Gasteiger partial charge in [0, 0.05) is 31.7 Å². The van der Waals surface area contributed by atoms with E-state index < -0.39 is 0 Å². The average molecular weight is 225 g/mol. The minimum absolute atomic E-state index is 0.645. The summed E-state index contributed by atoms with van der Waals surface area (Å²) >= 11 is 0. The molecule has 1 heterocycles. The van der Waals surface area contributed by atoms with E-state index in [1.165, 1.54) is 45.2 Å². The Hall–Kier alpha value is -0.120. The topological polar surface area (TPSA) is 27.3 Å². The third-order valence-corrected chi connectivity index (χ3v) is 4.33. The van der Waals surface area contributed by atoms with E-state index in [0.717, 1.165) is 12.5 Å². The van der Waals surface area contributed by atoms with Crippen molar-refractivity contribution < 1.29 is 0 Å². The summed E-state index contributed by atoms with van der Waals surface area (Å²) < 4.78 is 0. The minimum Gasteiger partial charge on any atom is -0.315 e. The van der Waals surface area contributed by atoms with Crippen LogP contribution in [0.15, 0.2) is 0 Å². The van der Waals surface area contributed by atoms with Crippen molar-refractivity contribution in [1.82, 2.24) is 15.5 Å². The lowest BCUT2D eigenvalue weighted by molar-refractivity contribution is 0.162. The molecule has 2 aliphatic rings. The van der Waals surface area contributed by atoms with E-state index in [1.54, 1.807) is 0 Å².